The van der Waals surface area contributed by atoms with Crippen molar-refractivity contribution in [2.75, 3.05) is 58.9 Å². The molecule has 0 aliphatic carbocycles. The summed E-state index contributed by atoms with van der Waals surface area (Å²) >= 11 is 0. The molecule has 5 N–H and O–H groups in total. The van der Waals surface area contributed by atoms with Crippen molar-refractivity contribution in [3.05, 3.63) is 29.8 Å². The van der Waals surface area contributed by atoms with Gasteiger partial charge in [-0.25, -0.2) is 4.79 Å². The molecular formula is C33H51BN3O11S4. The second-order valence-corrected chi connectivity index (χ2v) is 17.9. The zero-order chi connectivity index (χ0) is 38.4. The molecule has 1 heterocycles. The van der Waals surface area contributed by atoms with E-state index in [1.54, 1.807) is 56.2 Å². The predicted octanol–water partition coefficient (Wildman–Crippen LogP) is 3.42. The van der Waals surface area contributed by atoms with Crippen LogP contribution in [0.4, 0.5) is 4.79 Å². The molecule has 1 saturated heterocycles. The van der Waals surface area contributed by atoms with Gasteiger partial charge in [0, 0.05) is 29.4 Å². The van der Waals surface area contributed by atoms with E-state index in [1.807, 2.05) is 6.26 Å². The van der Waals surface area contributed by atoms with Gasteiger partial charge in [0.25, 0.3) is 18.8 Å². The Bertz CT molecular complexity index is 1290. The van der Waals surface area contributed by atoms with Crippen molar-refractivity contribution in [3.63, 3.8) is 0 Å². The number of hydrogen-bond donors (Lipinski definition) is 4. The molecule has 19 heteroatoms. The predicted molar refractivity (Wildman–Crippen MR) is 208 cm³/mol. The third-order valence-electron chi connectivity index (χ3n) is 6.22. The monoisotopic (exact) mass is 804 g/mol. The highest BCUT2D eigenvalue weighted by molar-refractivity contribution is 8.77. The molecule has 2 rings (SSSR count). The van der Waals surface area contributed by atoms with Crippen LogP contribution in [0, 0.1) is 11.7 Å². The van der Waals surface area contributed by atoms with E-state index in [2.05, 4.69) is 43.1 Å². The van der Waals surface area contributed by atoms with Gasteiger partial charge in [-0.2, -0.15) is 5.82 Å². The van der Waals surface area contributed by atoms with E-state index in [-0.39, 0.29) is 67.7 Å². The first-order valence-corrected chi connectivity index (χ1v) is 21.5. The second-order valence-electron chi connectivity index (χ2n) is 12.2. The third kappa shape index (κ3) is 20.5. The molecule has 1 fully saturated rings. The van der Waals surface area contributed by atoms with Crippen molar-refractivity contribution >= 4 is 68.4 Å². The molecule has 1 aliphatic rings. The first-order valence-electron chi connectivity index (χ1n) is 16.6. The highest BCUT2D eigenvalue weighted by atomic mass is 33.1. The van der Waals surface area contributed by atoms with Crippen LogP contribution < -0.4 is 21.1 Å². The highest BCUT2D eigenvalue weighted by Gasteiger charge is 2.38. The van der Waals surface area contributed by atoms with Crippen molar-refractivity contribution in [1.82, 2.24) is 10.6 Å². The van der Waals surface area contributed by atoms with Gasteiger partial charge in [0.1, 0.15) is 30.5 Å². The van der Waals surface area contributed by atoms with Gasteiger partial charge in [0.2, 0.25) is 5.91 Å². The minimum absolute atomic E-state index is 0.0112. The molecule has 52 heavy (non-hydrogen) atoms. The molecule has 2 unspecified atom stereocenters. The molecular weight excluding hydrogens is 753 g/mol. The number of nitrogens with one attached hydrogen (secondary N) is 2. The van der Waals surface area contributed by atoms with Crippen molar-refractivity contribution in [1.29, 1.82) is 0 Å². The number of amides is 2. The first-order chi connectivity index (χ1) is 24.8. The Kier molecular flexibility index (Phi) is 23.0. The molecule has 0 aromatic heterocycles. The molecule has 0 bridgehead atoms. The lowest BCUT2D eigenvalue weighted by molar-refractivity contribution is -0.126. The van der Waals surface area contributed by atoms with Crippen LogP contribution in [0.2, 0.25) is 0 Å². The average molecular weight is 805 g/mol. The summed E-state index contributed by atoms with van der Waals surface area (Å²) in [4.78, 5) is 36.5. The average Bonchev–Trinajstić information content (AvgIpc) is 3.48. The van der Waals surface area contributed by atoms with E-state index >= 15 is 0 Å². The van der Waals surface area contributed by atoms with Crippen LogP contribution in [-0.4, -0.2) is 129 Å². The summed E-state index contributed by atoms with van der Waals surface area (Å²) in [6.45, 7) is 10.8. The maximum absolute atomic E-state index is 12.3. The summed E-state index contributed by atoms with van der Waals surface area (Å²) in [5.74, 6) is 5.69. The van der Waals surface area contributed by atoms with Gasteiger partial charge in [0.15, 0.2) is 0 Å². The van der Waals surface area contributed by atoms with Gasteiger partial charge >= 0.3 is 6.16 Å². The third-order valence-corrected chi connectivity index (χ3v) is 11.3. The first kappa shape index (κ1) is 46.2. The Morgan fingerprint density at radius 3 is 2.63 bits per heavy atom. The summed E-state index contributed by atoms with van der Waals surface area (Å²) in [6, 6.07) is 6.47. The summed E-state index contributed by atoms with van der Waals surface area (Å²) < 4.78 is 39.4. The fourth-order valence-corrected chi connectivity index (χ4v) is 7.41. The second kappa shape index (κ2) is 25.9. The number of carbonyl (C=O) groups excluding carboxylic acids is 3. The molecule has 5 atom stereocenters. The SMILES string of the molecule is CSS[C@H](OC(=O)OC(C)C)O[C@@H]1C[C@H]([B]C#CCNC(=O)COCCOC(COc2cccc(C(=O)NCCN)c2)SSC(C)(C)C)OC1CO. The van der Waals surface area contributed by atoms with Crippen LogP contribution in [0.1, 0.15) is 51.4 Å². The number of aliphatic hydroxyl groups is 1. The number of rotatable bonds is 23. The van der Waals surface area contributed by atoms with Gasteiger partial charge in [-0.05, 0) is 55.5 Å². The van der Waals surface area contributed by atoms with E-state index in [4.69, 9.17) is 38.9 Å². The fraction of sp³-hybridized carbons (Fsp3) is 0.667. The Balaban J connectivity index is 1.71. The maximum atomic E-state index is 12.3. The topological polar surface area (TPSA) is 186 Å². The van der Waals surface area contributed by atoms with E-state index in [0.29, 0.717) is 30.8 Å². The zero-order valence-corrected chi connectivity index (χ0v) is 33.7. The molecule has 1 radical (unpaired) electrons. The van der Waals surface area contributed by atoms with Crippen LogP contribution in [-0.2, 0) is 33.2 Å². The van der Waals surface area contributed by atoms with Crippen LogP contribution in [0.15, 0.2) is 24.3 Å². The van der Waals surface area contributed by atoms with Crippen LogP contribution in [0.5, 0.6) is 5.75 Å². The van der Waals surface area contributed by atoms with Crippen molar-refractivity contribution in [3.8, 4) is 17.5 Å². The molecule has 0 saturated carbocycles. The molecule has 291 valence electrons. The van der Waals surface area contributed by atoms with Crippen molar-refractivity contribution < 1.29 is 52.6 Å². The number of hydrogen-bond acceptors (Lipinski definition) is 16. The number of aliphatic hydroxyl groups excluding tert-OH is 1. The van der Waals surface area contributed by atoms with E-state index in [1.165, 1.54) is 32.4 Å². The molecule has 2 amide bonds. The van der Waals surface area contributed by atoms with Crippen LogP contribution in [0.25, 0.3) is 0 Å². The van der Waals surface area contributed by atoms with Gasteiger partial charge in [0.05, 0.1) is 38.6 Å². The lowest BCUT2D eigenvalue weighted by atomic mass is 9.71. The quantitative estimate of drug-likeness (QED) is 0.0315. The molecule has 1 aromatic carbocycles. The molecule has 1 aliphatic heterocycles. The molecule has 1 aromatic rings. The summed E-state index contributed by atoms with van der Waals surface area (Å²) in [7, 11) is 7.38. The van der Waals surface area contributed by atoms with Crippen LogP contribution in [0.3, 0.4) is 0 Å². The molecule has 0 spiro atoms. The Morgan fingerprint density at radius 1 is 1.15 bits per heavy atom. The zero-order valence-electron chi connectivity index (χ0n) is 30.5. The number of nitrogens with two attached hydrogens (primary N) is 1. The van der Waals surface area contributed by atoms with Crippen molar-refractivity contribution in [2.45, 2.75) is 81.2 Å². The lowest BCUT2D eigenvalue weighted by Crippen LogP contribution is -2.32. The van der Waals surface area contributed by atoms with Gasteiger partial charge in [-0.3, -0.25) is 9.59 Å². The van der Waals surface area contributed by atoms with E-state index in [0.717, 1.165) is 0 Å². The van der Waals surface area contributed by atoms with Gasteiger partial charge < -0.3 is 54.6 Å². The standard InChI is InChI=1S/C33H51BN3O11S4/c1-22(2)45-31(41)48-32(51-49-6)47-25-18-27(46-26(25)19-38)34-11-8-13-36-28(39)20-42-15-16-43-29(50-52-33(3,4)5)21-44-24-10-7-9-23(17-24)30(40)37-14-12-35/h7,9-10,17,22,25-27,29,32,38H,12-16,18-21,35H2,1-6H3,(H,36,39)(H,37,40)/t25-,26?,27-,29?,32+/m1/s1. The van der Waals surface area contributed by atoms with Crippen LogP contribution >= 0.6 is 43.2 Å². The number of carbonyl (C=O) groups is 3. The fourth-order valence-electron chi connectivity index (χ4n) is 4.03. The van der Waals surface area contributed by atoms with Gasteiger partial charge in [-0.15, -0.1) is 0 Å². The summed E-state index contributed by atoms with van der Waals surface area (Å²) in [6.07, 6.45) is -0.146. The van der Waals surface area contributed by atoms with Gasteiger partial charge in [-0.1, -0.05) is 65.1 Å². The van der Waals surface area contributed by atoms with Crippen molar-refractivity contribution in [2.24, 2.45) is 5.73 Å². The maximum Gasteiger partial charge on any atom is 0.511 e. The largest absolute Gasteiger partial charge is 0.511 e. The number of ether oxygens (including phenoxy) is 7. The summed E-state index contributed by atoms with van der Waals surface area (Å²) in [5, 5.41) is 15.2. The minimum atomic E-state index is -0.947. The van der Waals surface area contributed by atoms with E-state index in [9.17, 15) is 19.5 Å². The summed E-state index contributed by atoms with van der Waals surface area (Å²) in [5.41, 5.74) is 4.66. The highest BCUT2D eigenvalue weighted by Crippen LogP contribution is 2.38. The smallest absolute Gasteiger partial charge is 0.490 e. The van der Waals surface area contributed by atoms with E-state index < -0.39 is 30.0 Å². The number of benzene rings is 1. The normalized spacial score (nSPS) is 18.1. The lowest BCUT2D eigenvalue weighted by Gasteiger charge is -2.23. The minimum Gasteiger partial charge on any atom is -0.490 e. The molecule has 14 nitrogen and oxygen atoms in total. The Morgan fingerprint density at radius 2 is 1.94 bits per heavy atom. The Labute approximate surface area is 323 Å². The Hall–Kier alpha value is -1.99.